The average molecular weight is 123 g/mol. The zero-order valence-corrected chi connectivity index (χ0v) is 5.62. The van der Waals surface area contributed by atoms with Gasteiger partial charge in [-0.15, -0.1) is 0 Å². The third kappa shape index (κ3) is 3.36. The van der Waals surface area contributed by atoms with Crippen molar-refractivity contribution >= 4 is 5.91 Å². The van der Waals surface area contributed by atoms with Gasteiger partial charge in [0, 0.05) is 11.6 Å². The Morgan fingerprint density at radius 2 is 2.22 bits per heavy atom. The molecule has 0 aromatic rings. The van der Waals surface area contributed by atoms with Gasteiger partial charge in [-0.25, -0.2) is 0 Å². The van der Waals surface area contributed by atoms with Crippen LogP contribution in [0.2, 0.25) is 0 Å². The highest BCUT2D eigenvalue weighted by molar-refractivity contribution is 5.93. The standard InChI is InChI=1S/C7H9NO/c1-4-5-8-7(9)6(2)3/h2H2,1,3H3,(H,8,9). The Hall–Kier alpha value is -1.23. The third-order valence-electron chi connectivity index (χ3n) is 0.689. The summed E-state index contributed by atoms with van der Waals surface area (Å²) in [6.45, 7) is 6.71. The topological polar surface area (TPSA) is 29.1 Å². The van der Waals surface area contributed by atoms with E-state index in [-0.39, 0.29) is 5.91 Å². The van der Waals surface area contributed by atoms with E-state index in [1.165, 1.54) is 0 Å². The van der Waals surface area contributed by atoms with Crippen LogP contribution in [-0.2, 0) is 4.79 Å². The molecule has 0 fully saturated rings. The molecule has 0 aliphatic rings. The van der Waals surface area contributed by atoms with Crippen molar-refractivity contribution in [3.63, 3.8) is 0 Å². The first kappa shape index (κ1) is 7.77. The highest BCUT2D eigenvalue weighted by Crippen LogP contribution is 1.82. The molecular weight excluding hydrogens is 114 g/mol. The molecule has 48 valence electrons. The molecule has 9 heavy (non-hydrogen) atoms. The Balaban J connectivity index is 3.74. The third-order valence-corrected chi connectivity index (χ3v) is 0.689. The lowest BCUT2D eigenvalue weighted by Gasteiger charge is -1.91. The fourth-order valence-electron chi connectivity index (χ4n) is 0.226. The Morgan fingerprint density at radius 3 is 2.56 bits per heavy atom. The van der Waals surface area contributed by atoms with Gasteiger partial charge in [0.15, 0.2) is 0 Å². The van der Waals surface area contributed by atoms with Crippen LogP contribution in [0.1, 0.15) is 13.8 Å². The van der Waals surface area contributed by atoms with Crippen LogP contribution in [0.5, 0.6) is 0 Å². The summed E-state index contributed by atoms with van der Waals surface area (Å²) in [5.41, 5.74) is 0.470. The van der Waals surface area contributed by atoms with E-state index >= 15 is 0 Å². The number of nitrogens with one attached hydrogen (secondary N) is 1. The predicted molar refractivity (Wildman–Crippen MR) is 36.4 cm³/mol. The molecule has 0 aromatic carbocycles. The fraction of sp³-hybridized carbons (Fsp3) is 0.286. The average Bonchev–Trinajstić information content (AvgIpc) is 1.82. The predicted octanol–water partition coefficient (Wildman–Crippen LogP) is 0.659. The summed E-state index contributed by atoms with van der Waals surface area (Å²) < 4.78 is 0. The molecule has 0 saturated carbocycles. The highest BCUT2D eigenvalue weighted by Gasteiger charge is 1.94. The van der Waals surface area contributed by atoms with Crippen LogP contribution in [0.3, 0.4) is 0 Å². The van der Waals surface area contributed by atoms with Gasteiger partial charge in [-0.2, -0.15) is 0 Å². The number of carbonyl (C=O) groups is 1. The first-order valence-corrected chi connectivity index (χ1v) is 2.56. The summed E-state index contributed by atoms with van der Waals surface area (Å²) >= 11 is 0. The van der Waals surface area contributed by atoms with Crippen molar-refractivity contribution in [1.29, 1.82) is 0 Å². The van der Waals surface area contributed by atoms with Crippen molar-refractivity contribution in [2.45, 2.75) is 13.8 Å². The Kier molecular flexibility index (Phi) is 3.22. The lowest BCUT2D eigenvalue weighted by molar-refractivity contribution is -0.116. The minimum Gasteiger partial charge on any atom is -0.281 e. The van der Waals surface area contributed by atoms with E-state index in [0.29, 0.717) is 5.57 Å². The van der Waals surface area contributed by atoms with E-state index in [2.05, 4.69) is 23.9 Å². The summed E-state index contributed by atoms with van der Waals surface area (Å²) in [5, 5.41) is 2.33. The zero-order valence-electron chi connectivity index (χ0n) is 5.62. The molecule has 0 aromatic heterocycles. The number of rotatable bonds is 1. The molecule has 0 spiro atoms. The van der Waals surface area contributed by atoms with Gasteiger partial charge in [0.1, 0.15) is 0 Å². The van der Waals surface area contributed by atoms with Crippen molar-refractivity contribution in [2.75, 3.05) is 0 Å². The molecule has 2 nitrogen and oxygen atoms in total. The Bertz CT molecular complexity index is 183. The van der Waals surface area contributed by atoms with Crippen molar-refractivity contribution in [3.8, 4) is 12.0 Å². The van der Waals surface area contributed by atoms with Gasteiger partial charge < -0.3 is 0 Å². The highest BCUT2D eigenvalue weighted by atomic mass is 16.1. The molecule has 1 N–H and O–H groups in total. The van der Waals surface area contributed by atoms with E-state index in [1.807, 2.05) is 0 Å². The van der Waals surface area contributed by atoms with E-state index in [9.17, 15) is 4.79 Å². The summed E-state index contributed by atoms with van der Waals surface area (Å²) in [4.78, 5) is 10.6. The Labute approximate surface area is 54.9 Å². The lowest BCUT2D eigenvalue weighted by Crippen LogP contribution is -2.17. The SMILES string of the molecule is C=C(C)C(=O)NC#CC. The van der Waals surface area contributed by atoms with Gasteiger partial charge in [-0.3, -0.25) is 10.1 Å². The van der Waals surface area contributed by atoms with E-state index in [0.717, 1.165) is 0 Å². The summed E-state index contributed by atoms with van der Waals surface area (Å²) in [6, 6.07) is 2.42. The number of hydrogen-bond acceptors (Lipinski definition) is 1. The lowest BCUT2D eigenvalue weighted by atomic mass is 10.3. The maximum absolute atomic E-state index is 10.6. The summed E-state index contributed by atoms with van der Waals surface area (Å²) in [7, 11) is 0. The van der Waals surface area contributed by atoms with E-state index < -0.39 is 0 Å². The summed E-state index contributed by atoms with van der Waals surface area (Å²) in [6.07, 6.45) is 0. The van der Waals surface area contributed by atoms with Crippen molar-refractivity contribution in [3.05, 3.63) is 12.2 Å². The van der Waals surface area contributed by atoms with Crippen molar-refractivity contribution in [2.24, 2.45) is 0 Å². The monoisotopic (exact) mass is 123 g/mol. The normalized spacial score (nSPS) is 6.89. The first-order valence-electron chi connectivity index (χ1n) is 2.56. The molecule has 2 heteroatoms. The smallest absolute Gasteiger partial charge is 0.257 e. The second-order valence-electron chi connectivity index (χ2n) is 1.61. The van der Waals surface area contributed by atoms with Crippen LogP contribution in [0.15, 0.2) is 12.2 Å². The molecule has 0 saturated heterocycles. The number of amides is 1. The first-order chi connectivity index (χ1) is 4.18. The minimum absolute atomic E-state index is 0.218. The van der Waals surface area contributed by atoms with Crippen LogP contribution in [-0.4, -0.2) is 5.91 Å². The second kappa shape index (κ2) is 3.73. The number of carbonyl (C=O) groups excluding carboxylic acids is 1. The van der Waals surface area contributed by atoms with Crippen LogP contribution in [0, 0.1) is 12.0 Å². The van der Waals surface area contributed by atoms with Gasteiger partial charge in [0.2, 0.25) is 0 Å². The van der Waals surface area contributed by atoms with Crippen molar-refractivity contribution in [1.82, 2.24) is 5.32 Å². The van der Waals surface area contributed by atoms with Gasteiger partial charge in [0.25, 0.3) is 5.91 Å². The van der Waals surface area contributed by atoms with Crippen LogP contribution >= 0.6 is 0 Å². The van der Waals surface area contributed by atoms with Gasteiger partial charge in [0.05, 0.1) is 0 Å². The number of hydrogen-bond donors (Lipinski definition) is 1. The van der Waals surface area contributed by atoms with Gasteiger partial charge >= 0.3 is 0 Å². The van der Waals surface area contributed by atoms with E-state index in [4.69, 9.17) is 0 Å². The molecule has 0 aliphatic carbocycles. The fourth-order valence-corrected chi connectivity index (χ4v) is 0.226. The molecule has 0 radical (unpaired) electrons. The molecule has 0 heterocycles. The molecule has 0 atom stereocenters. The quantitative estimate of drug-likeness (QED) is 0.310. The molecule has 0 unspecified atom stereocenters. The van der Waals surface area contributed by atoms with Gasteiger partial charge in [-0.05, 0) is 13.8 Å². The molecule has 0 bridgehead atoms. The zero-order chi connectivity index (χ0) is 7.28. The van der Waals surface area contributed by atoms with Crippen LogP contribution < -0.4 is 5.32 Å². The van der Waals surface area contributed by atoms with Crippen LogP contribution in [0.4, 0.5) is 0 Å². The minimum atomic E-state index is -0.218. The van der Waals surface area contributed by atoms with Crippen LogP contribution in [0.25, 0.3) is 0 Å². The summed E-state index contributed by atoms with van der Waals surface area (Å²) in [5.74, 6) is 2.31. The Morgan fingerprint density at radius 1 is 1.67 bits per heavy atom. The molecular formula is C7H9NO. The molecule has 1 amide bonds. The van der Waals surface area contributed by atoms with Crippen molar-refractivity contribution < 1.29 is 4.79 Å². The largest absolute Gasteiger partial charge is 0.281 e. The maximum atomic E-state index is 10.6. The maximum Gasteiger partial charge on any atom is 0.257 e. The van der Waals surface area contributed by atoms with E-state index in [1.54, 1.807) is 13.8 Å². The second-order valence-corrected chi connectivity index (χ2v) is 1.61. The molecule has 0 aliphatic heterocycles. The van der Waals surface area contributed by atoms with Gasteiger partial charge in [-0.1, -0.05) is 12.5 Å². The molecule has 0 rings (SSSR count).